The Kier molecular flexibility index (Phi) is 9.15. The fourth-order valence-electron chi connectivity index (χ4n) is 4.66. The standard InChI is InChI=1S/C38H30N8O/c1-5-6-11-29(39-3)30(40-4)21-15-25(2)35-44-36(26-16-18-27(19-17-26)38-43-33-13-7-8-14-34(33)47-38)46-37(45-35)28-20-22-32(42-24-28)31-12-9-10-23-41-31/h5-24H,3-4H2,1-2H3/b6-5-,25-15+,29-11-,30-21-. The summed E-state index contributed by atoms with van der Waals surface area (Å²) in [5, 5.41) is 0. The molecule has 2 aromatic carbocycles. The Morgan fingerprint density at radius 1 is 0.681 bits per heavy atom. The van der Waals surface area contributed by atoms with E-state index in [1.165, 1.54) is 0 Å². The summed E-state index contributed by atoms with van der Waals surface area (Å²) in [6.07, 6.45) is 12.8. The van der Waals surface area contributed by atoms with Gasteiger partial charge in [0.2, 0.25) is 5.89 Å². The number of pyridine rings is 2. The van der Waals surface area contributed by atoms with Crippen molar-refractivity contribution in [3.05, 3.63) is 139 Å². The van der Waals surface area contributed by atoms with Gasteiger partial charge in [-0.2, -0.15) is 0 Å². The van der Waals surface area contributed by atoms with Gasteiger partial charge in [0.15, 0.2) is 23.1 Å². The second-order valence-corrected chi connectivity index (χ2v) is 10.3. The number of nitrogens with zero attached hydrogens (tertiary/aromatic N) is 8. The molecule has 6 aromatic rings. The quantitative estimate of drug-likeness (QED) is 0.112. The van der Waals surface area contributed by atoms with Crippen LogP contribution >= 0.6 is 0 Å². The van der Waals surface area contributed by atoms with Crippen LogP contribution in [-0.2, 0) is 0 Å². The lowest BCUT2D eigenvalue weighted by Gasteiger charge is -2.09. The molecular weight excluding hydrogens is 584 g/mol. The second kappa shape index (κ2) is 14.1. The molecule has 0 atom stereocenters. The summed E-state index contributed by atoms with van der Waals surface area (Å²) in [5.74, 6) is 2.02. The third-order valence-corrected chi connectivity index (χ3v) is 7.16. The molecule has 0 aliphatic heterocycles. The van der Waals surface area contributed by atoms with Crippen molar-refractivity contribution >= 4 is 30.1 Å². The lowest BCUT2D eigenvalue weighted by Crippen LogP contribution is -2.02. The van der Waals surface area contributed by atoms with Crippen molar-refractivity contribution < 1.29 is 4.42 Å². The van der Waals surface area contributed by atoms with Crippen LogP contribution in [0.2, 0.25) is 0 Å². The maximum Gasteiger partial charge on any atom is 0.227 e. The van der Waals surface area contributed by atoms with E-state index in [2.05, 4.69) is 38.4 Å². The molecule has 0 fully saturated rings. The van der Waals surface area contributed by atoms with Gasteiger partial charge in [-0.25, -0.2) is 19.9 Å². The van der Waals surface area contributed by atoms with Crippen LogP contribution in [0.15, 0.2) is 147 Å². The van der Waals surface area contributed by atoms with Gasteiger partial charge >= 0.3 is 0 Å². The lowest BCUT2D eigenvalue weighted by atomic mass is 10.1. The number of aromatic nitrogens is 6. The maximum atomic E-state index is 5.96. The van der Waals surface area contributed by atoms with Gasteiger partial charge in [-0.05, 0) is 93.5 Å². The first-order valence-corrected chi connectivity index (χ1v) is 14.8. The average Bonchev–Trinajstić information content (AvgIpc) is 3.58. The molecule has 4 heterocycles. The predicted molar refractivity (Wildman–Crippen MR) is 188 cm³/mol. The minimum atomic E-state index is 0.480. The van der Waals surface area contributed by atoms with Crippen molar-refractivity contribution in [3.63, 3.8) is 0 Å². The molecule has 228 valence electrons. The topological polar surface area (TPSA) is 115 Å². The zero-order valence-corrected chi connectivity index (χ0v) is 25.9. The molecule has 9 nitrogen and oxygen atoms in total. The number of hydrogen-bond donors (Lipinski definition) is 0. The first kappa shape index (κ1) is 30.5. The van der Waals surface area contributed by atoms with Gasteiger partial charge < -0.3 is 4.42 Å². The SMILES string of the molecule is C=NC(=C\C=C/C)/C(=C/C=C(\C)c1nc(-c2ccc(-c3nc4ccccc4o3)cc2)nc(-c2ccc(-c3ccccn3)nc2)n1)N=C. The maximum absolute atomic E-state index is 5.96. The number of para-hydroxylation sites is 2. The molecular formula is C38H30N8O. The molecule has 0 aliphatic rings. The monoisotopic (exact) mass is 614 g/mol. The summed E-state index contributed by atoms with van der Waals surface area (Å²) >= 11 is 0. The number of aliphatic imine (C=N–C) groups is 2. The van der Waals surface area contributed by atoms with Crippen molar-refractivity contribution in [1.82, 2.24) is 29.9 Å². The Bertz CT molecular complexity index is 2140. The second-order valence-electron chi connectivity index (χ2n) is 10.3. The fourth-order valence-corrected chi connectivity index (χ4v) is 4.66. The first-order chi connectivity index (χ1) is 23.1. The Hall–Kier alpha value is -6.48. The molecule has 0 aliphatic carbocycles. The molecule has 0 spiro atoms. The summed E-state index contributed by atoms with van der Waals surface area (Å²) in [7, 11) is 0. The Morgan fingerprint density at radius 2 is 1.36 bits per heavy atom. The van der Waals surface area contributed by atoms with Gasteiger partial charge in [0.05, 0.1) is 22.8 Å². The van der Waals surface area contributed by atoms with Crippen molar-refractivity contribution in [1.29, 1.82) is 0 Å². The smallest absolute Gasteiger partial charge is 0.227 e. The molecule has 0 amide bonds. The van der Waals surface area contributed by atoms with E-state index in [1.807, 2.05) is 123 Å². The predicted octanol–water partition coefficient (Wildman–Crippen LogP) is 8.62. The molecule has 9 heteroatoms. The zero-order chi connectivity index (χ0) is 32.6. The molecule has 6 rings (SSSR count). The lowest BCUT2D eigenvalue weighted by molar-refractivity contribution is 0.620. The molecule has 0 saturated carbocycles. The highest BCUT2D eigenvalue weighted by Crippen LogP contribution is 2.28. The molecule has 4 aromatic heterocycles. The Balaban J connectivity index is 1.40. The van der Waals surface area contributed by atoms with E-state index in [0.29, 0.717) is 34.8 Å². The van der Waals surface area contributed by atoms with E-state index >= 15 is 0 Å². The molecule has 0 radical (unpaired) electrons. The zero-order valence-electron chi connectivity index (χ0n) is 25.9. The summed E-state index contributed by atoms with van der Waals surface area (Å²) < 4.78 is 5.96. The highest BCUT2D eigenvalue weighted by atomic mass is 16.3. The van der Waals surface area contributed by atoms with Crippen LogP contribution in [0.25, 0.3) is 62.3 Å². The number of hydrogen-bond acceptors (Lipinski definition) is 9. The van der Waals surface area contributed by atoms with Crippen molar-refractivity contribution in [3.8, 4) is 45.6 Å². The summed E-state index contributed by atoms with van der Waals surface area (Å²) in [4.78, 5) is 36.4. The normalized spacial score (nSPS) is 12.5. The van der Waals surface area contributed by atoms with Crippen molar-refractivity contribution in [2.24, 2.45) is 9.98 Å². The number of fused-ring (bicyclic) bond motifs is 1. The summed E-state index contributed by atoms with van der Waals surface area (Å²) in [5.41, 5.74) is 7.41. The third-order valence-electron chi connectivity index (χ3n) is 7.16. The van der Waals surface area contributed by atoms with Crippen molar-refractivity contribution in [2.75, 3.05) is 0 Å². The van der Waals surface area contributed by atoms with Gasteiger partial charge in [-0.3, -0.25) is 20.0 Å². The fraction of sp³-hybridized carbons (Fsp3) is 0.0526. The highest BCUT2D eigenvalue weighted by Gasteiger charge is 2.14. The van der Waals surface area contributed by atoms with Crippen LogP contribution in [0.4, 0.5) is 0 Å². The van der Waals surface area contributed by atoms with Gasteiger partial charge in [0.25, 0.3) is 0 Å². The van der Waals surface area contributed by atoms with E-state index in [0.717, 1.165) is 44.8 Å². The van der Waals surface area contributed by atoms with Crippen LogP contribution in [0.3, 0.4) is 0 Å². The van der Waals surface area contributed by atoms with Crippen molar-refractivity contribution in [2.45, 2.75) is 13.8 Å². The molecule has 47 heavy (non-hydrogen) atoms. The number of oxazole rings is 1. The summed E-state index contributed by atoms with van der Waals surface area (Å²) in [6, 6.07) is 25.0. The molecule has 0 unspecified atom stereocenters. The highest BCUT2D eigenvalue weighted by molar-refractivity contribution is 5.76. The van der Waals surface area contributed by atoms with Crippen LogP contribution in [-0.4, -0.2) is 43.3 Å². The largest absolute Gasteiger partial charge is 0.436 e. The number of rotatable bonds is 10. The minimum absolute atomic E-state index is 0.480. The van der Waals surface area contributed by atoms with Crippen LogP contribution in [0.5, 0.6) is 0 Å². The average molecular weight is 615 g/mol. The number of benzene rings is 2. The molecule has 0 bridgehead atoms. The van der Waals surface area contributed by atoms with Crippen LogP contribution in [0, 0.1) is 0 Å². The first-order valence-electron chi connectivity index (χ1n) is 14.8. The van der Waals surface area contributed by atoms with E-state index in [1.54, 1.807) is 12.4 Å². The Labute approximate surface area is 272 Å². The van der Waals surface area contributed by atoms with E-state index < -0.39 is 0 Å². The third kappa shape index (κ3) is 6.94. The Morgan fingerprint density at radius 3 is 2.04 bits per heavy atom. The van der Waals surface area contributed by atoms with E-state index in [-0.39, 0.29) is 0 Å². The van der Waals surface area contributed by atoms with Gasteiger partial charge in [-0.1, -0.05) is 48.6 Å². The molecule has 0 saturated heterocycles. The minimum Gasteiger partial charge on any atom is -0.436 e. The van der Waals surface area contributed by atoms with Gasteiger partial charge in [-0.15, -0.1) is 0 Å². The van der Waals surface area contributed by atoms with E-state index in [9.17, 15) is 0 Å². The van der Waals surface area contributed by atoms with Gasteiger partial charge in [0, 0.05) is 29.1 Å². The molecule has 0 N–H and O–H groups in total. The van der Waals surface area contributed by atoms with E-state index in [4.69, 9.17) is 19.4 Å². The number of allylic oxidation sites excluding steroid dienone is 6. The summed E-state index contributed by atoms with van der Waals surface area (Å²) in [6.45, 7) is 11.2. The van der Waals surface area contributed by atoms with Crippen LogP contribution < -0.4 is 0 Å². The van der Waals surface area contributed by atoms with Crippen LogP contribution in [0.1, 0.15) is 19.7 Å². The van der Waals surface area contributed by atoms with Gasteiger partial charge in [0.1, 0.15) is 5.52 Å².